The number of rotatable bonds is 6. The second-order valence-corrected chi connectivity index (χ2v) is 6.27. The van der Waals surface area contributed by atoms with Gasteiger partial charge in [-0.2, -0.15) is 5.10 Å². The van der Waals surface area contributed by atoms with E-state index in [4.69, 9.17) is 0 Å². The highest BCUT2D eigenvalue weighted by molar-refractivity contribution is 5.35. The minimum absolute atomic E-state index is 0.322. The van der Waals surface area contributed by atoms with E-state index >= 15 is 0 Å². The van der Waals surface area contributed by atoms with Gasteiger partial charge in [-0.15, -0.1) is 0 Å². The third kappa shape index (κ3) is 3.36. The number of nitrogens with zero attached hydrogens (tertiary/aromatic N) is 3. The molecule has 22 heavy (non-hydrogen) atoms. The summed E-state index contributed by atoms with van der Waals surface area (Å²) < 4.78 is 1.84. The molecule has 1 aromatic heterocycles. The van der Waals surface area contributed by atoms with Crippen LogP contribution in [0.5, 0.6) is 0 Å². The molecule has 0 radical (unpaired) electrons. The van der Waals surface area contributed by atoms with Gasteiger partial charge in [-0.25, -0.2) is 4.98 Å². The van der Waals surface area contributed by atoms with Crippen LogP contribution < -0.4 is 5.32 Å². The lowest BCUT2D eigenvalue weighted by Gasteiger charge is -2.35. The molecule has 3 rings (SSSR count). The van der Waals surface area contributed by atoms with Crippen molar-refractivity contribution >= 4 is 0 Å². The fourth-order valence-corrected chi connectivity index (χ4v) is 3.20. The summed E-state index contributed by atoms with van der Waals surface area (Å²) in [6.45, 7) is 3.58. The highest BCUT2D eigenvalue weighted by Crippen LogP contribution is 2.34. The molecule has 0 spiro atoms. The van der Waals surface area contributed by atoms with Crippen LogP contribution in [0.3, 0.4) is 0 Å². The minimum atomic E-state index is -0.740. The lowest BCUT2D eigenvalue weighted by Crippen LogP contribution is -2.44. The number of fused-ring (bicyclic) bond motifs is 1. The largest absolute Gasteiger partial charge is 0.384 e. The van der Waals surface area contributed by atoms with Gasteiger partial charge >= 0.3 is 0 Å². The highest BCUT2D eigenvalue weighted by Gasteiger charge is 2.33. The van der Waals surface area contributed by atoms with E-state index in [1.165, 1.54) is 5.56 Å². The molecular weight excluding hydrogens is 276 g/mol. The summed E-state index contributed by atoms with van der Waals surface area (Å²) in [5.74, 6) is 0. The van der Waals surface area contributed by atoms with Crippen molar-refractivity contribution in [2.75, 3.05) is 6.54 Å². The van der Waals surface area contributed by atoms with Gasteiger partial charge in [0.05, 0.1) is 0 Å². The maximum absolute atomic E-state index is 11.0. The first-order valence-corrected chi connectivity index (χ1v) is 8.04. The second kappa shape index (κ2) is 6.58. The number of benzene rings is 1. The zero-order valence-electron chi connectivity index (χ0n) is 13.1. The van der Waals surface area contributed by atoms with Gasteiger partial charge in [0.15, 0.2) is 0 Å². The number of hydrogen-bond donors (Lipinski definition) is 2. The Hall–Kier alpha value is -1.72. The van der Waals surface area contributed by atoms with Crippen molar-refractivity contribution in [3.8, 4) is 0 Å². The van der Waals surface area contributed by atoms with E-state index in [1.54, 1.807) is 12.7 Å². The number of aromatic nitrogens is 3. The molecule has 1 aliphatic rings. The first-order chi connectivity index (χ1) is 10.7. The summed E-state index contributed by atoms with van der Waals surface area (Å²) in [5, 5.41) is 18.6. The van der Waals surface area contributed by atoms with Crippen molar-refractivity contribution in [1.29, 1.82) is 0 Å². The molecule has 0 saturated heterocycles. The zero-order valence-corrected chi connectivity index (χ0v) is 13.1. The molecule has 0 bridgehead atoms. The SMILES string of the molecule is CC(CCn1cncn1)NCC1(O)CCCc2ccccc21. The van der Waals surface area contributed by atoms with Crippen LogP contribution in [0.25, 0.3) is 0 Å². The van der Waals surface area contributed by atoms with Crippen LogP contribution in [-0.2, 0) is 18.6 Å². The van der Waals surface area contributed by atoms with Crippen LogP contribution in [0.4, 0.5) is 0 Å². The molecule has 1 aromatic carbocycles. The van der Waals surface area contributed by atoms with E-state index in [0.717, 1.165) is 37.8 Å². The Morgan fingerprint density at radius 3 is 3.09 bits per heavy atom. The molecule has 0 saturated carbocycles. The summed E-state index contributed by atoms with van der Waals surface area (Å²) >= 11 is 0. The van der Waals surface area contributed by atoms with E-state index in [-0.39, 0.29) is 0 Å². The average molecular weight is 300 g/mol. The van der Waals surface area contributed by atoms with Crippen molar-refractivity contribution in [3.05, 3.63) is 48.0 Å². The Morgan fingerprint density at radius 1 is 1.41 bits per heavy atom. The molecule has 0 amide bonds. The molecule has 1 heterocycles. The summed E-state index contributed by atoms with van der Waals surface area (Å²) in [7, 11) is 0. The Kier molecular flexibility index (Phi) is 4.55. The Labute approximate surface area is 131 Å². The number of aliphatic hydroxyl groups is 1. The van der Waals surface area contributed by atoms with Gasteiger partial charge in [-0.1, -0.05) is 24.3 Å². The molecule has 2 atom stereocenters. The molecule has 118 valence electrons. The van der Waals surface area contributed by atoms with Crippen LogP contribution in [0.1, 0.15) is 37.3 Å². The van der Waals surface area contributed by atoms with Gasteiger partial charge < -0.3 is 10.4 Å². The summed E-state index contributed by atoms with van der Waals surface area (Å²) in [5.41, 5.74) is 1.64. The Balaban J connectivity index is 1.56. The minimum Gasteiger partial charge on any atom is -0.384 e. The van der Waals surface area contributed by atoms with E-state index in [0.29, 0.717) is 12.6 Å². The maximum atomic E-state index is 11.0. The predicted molar refractivity (Wildman–Crippen MR) is 85.4 cm³/mol. The van der Waals surface area contributed by atoms with Crippen molar-refractivity contribution in [3.63, 3.8) is 0 Å². The quantitative estimate of drug-likeness (QED) is 0.855. The Bertz CT molecular complexity index is 598. The zero-order chi connectivity index (χ0) is 15.4. The Morgan fingerprint density at radius 2 is 2.27 bits per heavy atom. The van der Waals surface area contributed by atoms with Crippen molar-refractivity contribution in [2.45, 2.75) is 50.8 Å². The normalized spacial score (nSPS) is 22.3. The first kappa shape index (κ1) is 15.2. The maximum Gasteiger partial charge on any atom is 0.137 e. The lowest BCUT2D eigenvalue weighted by atomic mass is 9.79. The standard InChI is InChI=1S/C17H24N4O/c1-14(8-10-21-13-18-12-20-21)19-11-17(22)9-4-6-15-5-2-3-7-16(15)17/h2-3,5,7,12-14,19,22H,4,6,8-11H2,1H3. The van der Waals surface area contributed by atoms with Gasteiger partial charge in [0.2, 0.25) is 0 Å². The van der Waals surface area contributed by atoms with Crippen LogP contribution in [-0.4, -0.2) is 32.5 Å². The fraction of sp³-hybridized carbons (Fsp3) is 0.529. The van der Waals surface area contributed by atoms with Crippen molar-refractivity contribution in [1.82, 2.24) is 20.1 Å². The number of nitrogens with one attached hydrogen (secondary N) is 1. The molecule has 2 unspecified atom stereocenters. The molecule has 2 N–H and O–H groups in total. The van der Waals surface area contributed by atoms with Crippen LogP contribution in [0.15, 0.2) is 36.9 Å². The molecule has 5 nitrogen and oxygen atoms in total. The number of aryl methyl sites for hydroxylation is 2. The van der Waals surface area contributed by atoms with Gasteiger partial charge in [0, 0.05) is 19.1 Å². The topological polar surface area (TPSA) is 63.0 Å². The van der Waals surface area contributed by atoms with E-state index in [2.05, 4.69) is 40.5 Å². The van der Waals surface area contributed by atoms with Crippen molar-refractivity contribution < 1.29 is 5.11 Å². The van der Waals surface area contributed by atoms with Crippen LogP contribution in [0, 0.1) is 0 Å². The van der Waals surface area contributed by atoms with Gasteiger partial charge in [0.1, 0.15) is 18.3 Å². The third-order valence-electron chi connectivity index (χ3n) is 4.56. The molecular formula is C17H24N4O. The number of hydrogen-bond acceptors (Lipinski definition) is 4. The van der Waals surface area contributed by atoms with E-state index in [9.17, 15) is 5.11 Å². The average Bonchev–Trinajstić information content (AvgIpc) is 3.05. The summed E-state index contributed by atoms with van der Waals surface area (Å²) in [6.07, 6.45) is 7.19. The van der Waals surface area contributed by atoms with Gasteiger partial charge in [0.25, 0.3) is 0 Å². The monoisotopic (exact) mass is 300 g/mol. The molecule has 2 aromatic rings. The fourth-order valence-electron chi connectivity index (χ4n) is 3.20. The van der Waals surface area contributed by atoms with Crippen LogP contribution in [0.2, 0.25) is 0 Å². The van der Waals surface area contributed by atoms with Gasteiger partial charge in [-0.05, 0) is 43.7 Å². The molecule has 1 aliphatic carbocycles. The molecule has 0 aliphatic heterocycles. The smallest absolute Gasteiger partial charge is 0.137 e. The van der Waals surface area contributed by atoms with Gasteiger partial charge in [-0.3, -0.25) is 4.68 Å². The highest BCUT2D eigenvalue weighted by atomic mass is 16.3. The third-order valence-corrected chi connectivity index (χ3v) is 4.56. The van der Waals surface area contributed by atoms with Crippen molar-refractivity contribution in [2.24, 2.45) is 0 Å². The summed E-state index contributed by atoms with van der Waals surface area (Å²) in [6, 6.07) is 8.59. The summed E-state index contributed by atoms with van der Waals surface area (Å²) in [4.78, 5) is 3.95. The lowest BCUT2D eigenvalue weighted by molar-refractivity contribution is 0.0167. The molecule has 0 fully saturated rings. The molecule has 5 heteroatoms. The van der Waals surface area contributed by atoms with E-state index in [1.807, 2.05) is 10.7 Å². The van der Waals surface area contributed by atoms with E-state index < -0.39 is 5.60 Å². The second-order valence-electron chi connectivity index (χ2n) is 6.27. The predicted octanol–water partition coefficient (Wildman–Crippen LogP) is 1.87. The van der Waals surface area contributed by atoms with Crippen LogP contribution >= 0.6 is 0 Å². The first-order valence-electron chi connectivity index (χ1n) is 8.04.